The number of hydrogen-bond donors (Lipinski definition) is 1. The molecule has 19 heavy (non-hydrogen) atoms. The summed E-state index contributed by atoms with van der Waals surface area (Å²) in [5.74, 6) is 0.196. The van der Waals surface area contributed by atoms with Crippen LogP contribution in [0.25, 0.3) is 0 Å². The Morgan fingerprint density at radius 3 is 2.63 bits per heavy atom. The lowest BCUT2D eigenvalue weighted by atomic mass is 10.3. The highest BCUT2D eigenvalue weighted by Crippen LogP contribution is 2.12. The van der Waals surface area contributed by atoms with Gasteiger partial charge in [-0.3, -0.25) is 9.69 Å². The second-order valence-electron chi connectivity index (χ2n) is 4.55. The van der Waals surface area contributed by atoms with E-state index in [0.29, 0.717) is 6.54 Å². The summed E-state index contributed by atoms with van der Waals surface area (Å²) in [7, 11) is 1.80. The average Bonchev–Trinajstić information content (AvgIpc) is 2.76. The fraction of sp³-hybridized carbons (Fsp3) is 0.667. The van der Waals surface area contributed by atoms with E-state index in [4.69, 9.17) is 0 Å². The van der Waals surface area contributed by atoms with Gasteiger partial charge in [0.15, 0.2) is 0 Å². The van der Waals surface area contributed by atoms with Crippen molar-refractivity contribution in [3.8, 4) is 0 Å². The molecule has 2 rings (SSSR count). The van der Waals surface area contributed by atoms with E-state index in [-0.39, 0.29) is 18.3 Å². The van der Waals surface area contributed by atoms with Gasteiger partial charge < -0.3 is 10.2 Å². The van der Waals surface area contributed by atoms with E-state index in [1.54, 1.807) is 18.4 Å². The fourth-order valence-corrected chi connectivity index (χ4v) is 2.73. The van der Waals surface area contributed by atoms with Crippen LogP contribution in [0.3, 0.4) is 0 Å². The maximum Gasteiger partial charge on any atom is 0.236 e. The third-order valence-corrected chi connectivity index (χ3v) is 3.93. The Morgan fingerprint density at radius 1 is 1.42 bits per heavy atom. The summed E-state index contributed by atoms with van der Waals surface area (Å²) in [5.41, 5.74) is 1.15. The zero-order valence-corrected chi connectivity index (χ0v) is 13.0. The molecule has 0 radical (unpaired) electrons. The van der Waals surface area contributed by atoms with Crippen LogP contribution in [-0.4, -0.2) is 60.5 Å². The molecule has 1 aliphatic heterocycles. The SMILES string of the molecule is CNCC(=O)N1CCN(Cc2csc(C)n2)CC1.Cl. The van der Waals surface area contributed by atoms with Crippen LogP contribution in [0, 0.1) is 6.92 Å². The first-order valence-corrected chi connectivity index (χ1v) is 7.12. The summed E-state index contributed by atoms with van der Waals surface area (Å²) in [6, 6.07) is 0. The van der Waals surface area contributed by atoms with Gasteiger partial charge in [-0.25, -0.2) is 4.98 Å². The second kappa shape index (κ2) is 7.79. The first kappa shape index (κ1) is 16.4. The van der Waals surface area contributed by atoms with Crippen molar-refractivity contribution in [2.45, 2.75) is 13.5 Å². The lowest BCUT2D eigenvalue weighted by molar-refractivity contribution is -0.131. The van der Waals surface area contributed by atoms with Crippen molar-refractivity contribution in [2.24, 2.45) is 0 Å². The van der Waals surface area contributed by atoms with Gasteiger partial charge >= 0.3 is 0 Å². The van der Waals surface area contributed by atoms with E-state index in [9.17, 15) is 4.79 Å². The van der Waals surface area contributed by atoms with Crippen molar-refractivity contribution in [3.05, 3.63) is 16.1 Å². The maximum atomic E-state index is 11.7. The number of carbonyl (C=O) groups is 1. The first-order valence-electron chi connectivity index (χ1n) is 6.25. The average molecular weight is 305 g/mol. The van der Waals surface area contributed by atoms with E-state index >= 15 is 0 Å². The number of nitrogens with zero attached hydrogens (tertiary/aromatic N) is 3. The molecule has 0 aromatic carbocycles. The van der Waals surface area contributed by atoms with E-state index in [1.807, 2.05) is 11.8 Å². The standard InChI is InChI=1S/C12H20N4OS.ClH/c1-10-14-11(9-18-10)8-15-3-5-16(6-4-15)12(17)7-13-2;/h9,13H,3-8H2,1-2H3;1H. The molecule has 108 valence electrons. The van der Waals surface area contributed by atoms with Gasteiger partial charge in [0.1, 0.15) is 0 Å². The molecule has 1 saturated heterocycles. The van der Waals surface area contributed by atoms with Gasteiger partial charge in [-0.1, -0.05) is 0 Å². The van der Waals surface area contributed by atoms with E-state index in [0.717, 1.165) is 43.4 Å². The highest BCUT2D eigenvalue weighted by Gasteiger charge is 2.20. The number of nitrogens with one attached hydrogen (secondary N) is 1. The van der Waals surface area contributed by atoms with Crippen molar-refractivity contribution in [1.82, 2.24) is 20.1 Å². The van der Waals surface area contributed by atoms with Gasteiger partial charge in [0.2, 0.25) is 5.91 Å². The molecule has 0 aliphatic carbocycles. The normalized spacial score (nSPS) is 16.2. The van der Waals surface area contributed by atoms with E-state index in [1.165, 1.54) is 0 Å². The molecule has 7 heteroatoms. The molecule has 0 bridgehead atoms. The predicted octanol–water partition coefficient (Wildman–Crippen LogP) is 0.737. The number of piperazine rings is 1. The van der Waals surface area contributed by atoms with Crippen molar-refractivity contribution in [2.75, 3.05) is 39.8 Å². The Balaban J connectivity index is 0.00000180. The van der Waals surface area contributed by atoms with Crippen LogP contribution in [0.5, 0.6) is 0 Å². The minimum absolute atomic E-state index is 0. The summed E-state index contributed by atoms with van der Waals surface area (Å²) in [5, 5.41) is 6.14. The zero-order valence-electron chi connectivity index (χ0n) is 11.4. The lowest BCUT2D eigenvalue weighted by Gasteiger charge is -2.34. The summed E-state index contributed by atoms with van der Waals surface area (Å²) in [4.78, 5) is 20.5. The minimum atomic E-state index is 0. The van der Waals surface area contributed by atoms with Crippen LogP contribution in [-0.2, 0) is 11.3 Å². The van der Waals surface area contributed by atoms with Gasteiger partial charge in [-0.15, -0.1) is 23.7 Å². The summed E-state index contributed by atoms with van der Waals surface area (Å²) in [6.45, 7) is 6.89. The smallest absolute Gasteiger partial charge is 0.236 e. The van der Waals surface area contributed by atoms with Gasteiger partial charge in [-0.05, 0) is 14.0 Å². The molecule has 1 aromatic heterocycles. The van der Waals surface area contributed by atoms with Crippen molar-refractivity contribution in [3.63, 3.8) is 0 Å². The highest BCUT2D eigenvalue weighted by atomic mass is 35.5. The number of carbonyl (C=O) groups excluding carboxylic acids is 1. The van der Waals surface area contributed by atoms with Crippen molar-refractivity contribution < 1.29 is 4.79 Å². The Hall–Kier alpha value is -0.690. The minimum Gasteiger partial charge on any atom is -0.339 e. The van der Waals surface area contributed by atoms with Crippen LogP contribution in [0.4, 0.5) is 0 Å². The molecule has 1 aromatic rings. The molecule has 1 amide bonds. The Morgan fingerprint density at radius 2 is 2.11 bits per heavy atom. The van der Waals surface area contributed by atoms with Gasteiger partial charge in [0.05, 0.1) is 17.2 Å². The van der Waals surface area contributed by atoms with E-state index in [2.05, 4.69) is 20.6 Å². The third-order valence-electron chi connectivity index (χ3n) is 3.11. The van der Waals surface area contributed by atoms with Gasteiger partial charge in [-0.2, -0.15) is 0 Å². The van der Waals surface area contributed by atoms with Gasteiger partial charge in [0.25, 0.3) is 0 Å². The number of amides is 1. The Labute approximate surface area is 124 Å². The molecule has 0 unspecified atom stereocenters. The topological polar surface area (TPSA) is 48.5 Å². The summed E-state index contributed by atoms with van der Waals surface area (Å²) >= 11 is 1.69. The molecule has 0 saturated carbocycles. The highest BCUT2D eigenvalue weighted by molar-refractivity contribution is 7.09. The summed E-state index contributed by atoms with van der Waals surface area (Å²) in [6.07, 6.45) is 0. The molecule has 0 atom stereocenters. The Kier molecular flexibility index (Phi) is 6.71. The molecule has 1 fully saturated rings. The molecule has 5 nitrogen and oxygen atoms in total. The molecular weight excluding hydrogens is 284 g/mol. The first-order chi connectivity index (χ1) is 8.69. The monoisotopic (exact) mass is 304 g/mol. The number of halogens is 1. The number of thiazole rings is 1. The molecule has 2 heterocycles. The largest absolute Gasteiger partial charge is 0.339 e. The predicted molar refractivity (Wildman–Crippen MR) is 79.9 cm³/mol. The number of likely N-dealkylation sites (N-methyl/N-ethyl adjacent to an activating group) is 1. The fourth-order valence-electron chi connectivity index (χ4n) is 2.13. The maximum absolute atomic E-state index is 11.7. The van der Waals surface area contributed by atoms with Crippen molar-refractivity contribution in [1.29, 1.82) is 0 Å². The third kappa shape index (κ3) is 4.72. The lowest BCUT2D eigenvalue weighted by Crippen LogP contribution is -2.50. The molecule has 1 N–H and O–H groups in total. The summed E-state index contributed by atoms with van der Waals surface area (Å²) < 4.78 is 0. The number of aryl methyl sites for hydroxylation is 1. The zero-order chi connectivity index (χ0) is 13.0. The molecule has 1 aliphatic rings. The van der Waals surface area contributed by atoms with Crippen LogP contribution >= 0.6 is 23.7 Å². The van der Waals surface area contributed by atoms with Crippen LogP contribution < -0.4 is 5.32 Å². The quantitative estimate of drug-likeness (QED) is 0.891. The number of aromatic nitrogens is 1. The van der Waals surface area contributed by atoms with Crippen LogP contribution in [0.15, 0.2) is 5.38 Å². The number of rotatable bonds is 4. The Bertz CT molecular complexity index is 404. The second-order valence-corrected chi connectivity index (χ2v) is 5.61. The van der Waals surface area contributed by atoms with Crippen LogP contribution in [0.1, 0.15) is 10.7 Å². The number of hydrogen-bond acceptors (Lipinski definition) is 5. The van der Waals surface area contributed by atoms with Gasteiger partial charge in [0, 0.05) is 38.1 Å². The van der Waals surface area contributed by atoms with Crippen molar-refractivity contribution >= 4 is 29.7 Å². The van der Waals surface area contributed by atoms with Crippen LogP contribution in [0.2, 0.25) is 0 Å². The van der Waals surface area contributed by atoms with E-state index < -0.39 is 0 Å². The molecular formula is C12H21ClN4OS. The molecule has 0 spiro atoms.